The third-order valence-electron chi connectivity index (χ3n) is 4.03. The van der Waals surface area contributed by atoms with Gasteiger partial charge in [-0.1, -0.05) is 18.1 Å². The summed E-state index contributed by atoms with van der Waals surface area (Å²) in [7, 11) is 0. The van der Waals surface area contributed by atoms with E-state index in [9.17, 15) is 4.79 Å². The van der Waals surface area contributed by atoms with Crippen molar-refractivity contribution in [3.05, 3.63) is 11.6 Å². The molecule has 18 heavy (non-hydrogen) atoms. The Labute approximate surface area is 110 Å². The number of nitrogens with zero attached hydrogens (tertiary/aromatic N) is 1. The summed E-state index contributed by atoms with van der Waals surface area (Å²) in [6.45, 7) is 5.39. The minimum absolute atomic E-state index is 0.0387. The Morgan fingerprint density at radius 1 is 1.39 bits per heavy atom. The predicted octanol–water partition coefficient (Wildman–Crippen LogP) is 2.76. The molecule has 0 aromatic heterocycles. The van der Waals surface area contributed by atoms with Gasteiger partial charge in [0.2, 0.25) is 0 Å². The van der Waals surface area contributed by atoms with Crippen molar-refractivity contribution in [1.82, 2.24) is 4.90 Å². The van der Waals surface area contributed by atoms with E-state index in [1.54, 1.807) is 0 Å². The zero-order valence-corrected chi connectivity index (χ0v) is 11.5. The second-order valence-corrected chi connectivity index (χ2v) is 5.71. The molecule has 0 saturated carbocycles. The van der Waals surface area contributed by atoms with Gasteiger partial charge >= 0.3 is 5.97 Å². The van der Waals surface area contributed by atoms with Crippen LogP contribution in [0.3, 0.4) is 0 Å². The normalized spacial score (nSPS) is 25.6. The third-order valence-corrected chi connectivity index (χ3v) is 4.03. The van der Waals surface area contributed by atoms with Gasteiger partial charge in [-0.3, -0.25) is 9.69 Å². The van der Waals surface area contributed by atoms with Crippen LogP contribution in [0, 0.1) is 5.92 Å². The molecule has 0 radical (unpaired) electrons. The largest absolute Gasteiger partial charge is 0.464 e. The topological polar surface area (TPSA) is 29.5 Å². The summed E-state index contributed by atoms with van der Waals surface area (Å²) >= 11 is 0. The lowest BCUT2D eigenvalue weighted by Gasteiger charge is -2.26. The van der Waals surface area contributed by atoms with Crippen LogP contribution in [-0.4, -0.2) is 37.1 Å². The first kappa shape index (κ1) is 13.6. The zero-order valence-electron chi connectivity index (χ0n) is 11.5. The molecule has 1 atom stereocenters. The number of allylic oxidation sites excluding steroid dienone is 2. The minimum atomic E-state index is -0.0387. The predicted molar refractivity (Wildman–Crippen MR) is 72.3 cm³/mol. The van der Waals surface area contributed by atoms with Gasteiger partial charge in [-0.2, -0.15) is 0 Å². The van der Waals surface area contributed by atoms with Gasteiger partial charge in [0.05, 0.1) is 13.2 Å². The summed E-state index contributed by atoms with van der Waals surface area (Å²) in [6.07, 6.45) is 9.43. The fourth-order valence-corrected chi connectivity index (χ4v) is 2.73. The lowest BCUT2D eigenvalue weighted by atomic mass is 9.91. The van der Waals surface area contributed by atoms with E-state index in [0.29, 0.717) is 19.1 Å². The Hall–Kier alpha value is -0.830. The molecule has 0 bridgehead atoms. The average Bonchev–Trinajstić information content (AvgIpc) is 2.39. The van der Waals surface area contributed by atoms with Gasteiger partial charge in [-0.15, -0.1) is 0 Å². The van der Waals surface area contributed by atoms with Gasteiger partial charge < -0.3 is 4.74 Å². The highest BCUT2D eigenvalue weighted by Gasteiger charge is 2.17. The van der Waals surface area contributed by atoms with Crippen LogP contribution >= 0.6 is 0 Å². The van der Waals surface area contributed by atoms with E-state index in [-0.39, 0.29) is 5.97 Å². The van der Waals surface area contributed by atoms with Gasteiger partial charge in [0.1, 0.15) is 0 Å². The van der Waals surface area contributed by atoms with Crippen molar-refractivity contribution >= 4 is 5.97 Å². The first-order chi connectivity index (χ1) is 8.74. The summed E-state index contributed by atoms with van der Waals surface area (Å²) < 4.78 is 5.41. The van der Waals surface area contributed by atoms with Crippen molar-refractivity contribution in [1.29, 1.82) is 0 Å². The van der Waals surface area contributed by atoms with E-state index in [1.165, 1.54) is 31.3 Å². The molecule has 0 spiro atoms. The van der Waals surface area contributed by atoms with E-state index in [2.05, 4.69) is 17.9 Å². The molecule has 1 aliphatic carbocycles. The monoisotopic (exact) mass is 251 g/mol. The van der Waals surface area contributed by atoms with Gasteiger partial charge in [-0.05, 0) is 58.0 Å². The van der Waals surface area contributed by atoms with Crippen molar-refractivity contribution < 1.29 is 9.53 Å². The van der Waals surface area contributed by atoms with Crippen molar-refractivity contribution in [3.8, 4) is 0 Å². The number of ether oxygens (including phenoxy) is 1. The Bertz CT molecular complexity index is 306. The second-order valence-electron chi connectivity index (χ2n) is 5.71. The van der Waals surface area contributed by atoms with Crippen LogP contribution in [0.4, 0.5) is 0 Å². The molecule has 0 aromatic rings. The molecule has 0 unspecified atom stereocenters. The molecule has 3 nitrogen and oxygen atoms in total. The molecule has 2 rings (SSSR count). The highest BCUT2D eigenvalue weighted by molar-refractivity contribution is 5.71. The van der Waals surface area contributed by atoms with E-state index in [1.807, 2.05) is 0 Å². The maximum absolute atomic E-state index is 11.7. The Morgan fingerprint density at radius 3 is 2.83 bits per heavy atom. The molecule has 1 heterocycles. The molecule has 102 valence electrons. The van der Waals surface area contributed by atoms with Crippen LogP contribution in [0.15, 0.2) is 11.6 Å². The second kappa shape index (κ2) is 6.93. The standard InChI is InChI=1S/C15H25NO2/c1-13-5-7-14(8-6-13)12-18-15(17)11-16-9-3-2-4-10-16/h5,14H,2-4,6-12H2,1H3/t14-/m0/s1. The van der Waals surface area contributed by atoms with Gasteiger partial charge in [0.25, 0.3) is 0 Å². The van der Waals surface area contributed by atoms with Crippen LogP contribution in [0.5, 0.6) is 0 Å². The van der Waals surface area contributed by atoms with Crippen LogP contribution in [0.25, 0.3) is 0 Å². The maximum atomic E-state index is 11.7. The van der Waals surface area contributed by atoms with Crippen LogP contribution in [0.2, 0.25) is 0 Å². The number of hydrogen-bond acceptors (Lipinski definition) is 3. The molecule has 2 aliphatic rings. The lowest BCUT2D eigenvalue weighted by Crippen LogP contribution is -2.35. The number of carbonyl (C=O) groups excluding carboxylic acids is 1. The molecule has 0 amide bonds. The van der Waals surface area contributed by atoms with Crippen LogP contribution < -0.4 is 0 Å². The summed E-state index contributed by atoms with van der Waals surface area (Å²) in [6, 6.07) is 0. The van der Waals surface area contributed by atoms with Crippen molar-refractivity contribution in [3.63, 3.8) is 0 Å². The summed E-state index contributed by atoms with van der Waals surface area (Å²) in [5.41, 5.74) is 1.48. The van der Waals surface area contributed by atoms with Gasteiger partial charge in [0.15, 0.2) is 0 Å². The average molecular weight is 251 g/mol. The minimum Gasteiger partial charge on any atom is -0.464 e. The zero-order chi connectivity index (χ0) is 12.8. The Kier molecular flexibility index (Phi) is 5.24. The molecular weight excluding hydrogens is 226 g/mol. The number of carbonyl (C=O) groups is 1. The Morgan fingerprint density at radius 2 is 2.17 bits per heavy atom. The van der Waals surface area contributed by atoms with Crippen molar-refractivity contribution in [2.75, 3.05) is 26.2 Å². The van der Waals surface area contributed by atoms with Crippen molar-refractivity contribution in [2.45, 2.75) is 45.4 Å². The lowest BCUT2D eigenvalue weighted by molar-refractivity contribution is -0.146. The summed E-state index contributed by atoms with van der Waals surface area (Å²) in [4.78, 5) is 14.0. The molecule has 0 N–H and O–H groups in total. The SMILES string of the molecule is CC1=CC[C@H](COC(=O)CN2CCCCC2)CC1. The number of piperidine rings is 1. The first-order valence-electron chi connectivity index (χ1n) is 7.27. The van der Waals surface area contributed by atoms with E-state index in [0.717, 1.165) is 25.9 Å². The summed E-state index contributed by atoms with van der Waals surface area (Å²) in [5.74, 6) is 0.502. The molecular formula is C15H25NO2. The molecule has 1 aliphatic heterocycles. The van der Waals surface area contributed by atoms with Gasteiger partial charge in [-0.25, -0.2) is 0 Å². The highest BCUT2D eigenvalue weighted by Crippen LogP contribution is 2.23. The molecule has 1 fully saturated rings. The Balaban J connectivity index is 1.62. The van der Waals surface area contributed by atoms with E-state index in [4.69, 9.17) is 4.74 Å². The van der Waals surface area contributed by atoms with Crippen molar-refractivity contribution in [2.24, 2.45) is 5.92 Å². The summed E-state index contributed by atoms with van der Waals surface area (Å²) in [5, 5.41) is 0. The smallest absolute Gasteiger partial charge is 0.320 e. The fraction of sp³-hybridized carbons (Fsp3) is 0.800. The highest BCUT2D eigenvalue weighted by atomic mass is 16.5. The fourth-order valence-electron chi connectivity index (χ4n) is 2.73. The maximum Gasteiger partial charge on any atom is 0.320 e. The number of esters is 1. The third kappa shape index (κ3) is 4.45. The van der Waals surface area contributed by atoms with E-state index >= 15 is 0 Å². The van der Waals surface area contributed by atoms with Gasteiger partial charge in [0, 0.05) is 0 Å². The first-order valence-corrected chi connectivity index (χ1v) is 7.27. The van der Waals surface area contributed by atoms with Crippen LogP contribution in [-0.2, 0) is 9.53 Å². The number of rotatable bonds is 4. The van der Waals surface area contributed by atoms with E-state index < -0.39 is 0 Å². The number of hydrogen-bond donors (Lipinski definition) is 0. The molecule has 1 saturated heterocycles. The molecule has 3 heteroatoms. The molecule has 0 aromatic carbocycles. The number of likely N-dealkylation sites (tertiary alicyclic amines) is 1. The quantitative estimate of drug-likeness (QED) is 0.568. The van der Waals surface area contributed by atoms with Crippen LogP contribution in [0.1, 0.15) is 45.4 Å².